The fourth-order valence-corrected chi connectivity index (χ4v) is 3.84. The number of phenolic OH excluding ortho intramolecular Hbond substituents is 1. The number of terminal acetylenes is 1. The molecule has 0 saturated heterocycles. The Kier molecular flexibility index (Phi) is 9.74. The van der Waals surface area contributed by atoms with Gasteiger partial charge < -0.3 is 26.2 Å². The molecule has 2 aromatic rings. The van der Waals surface area contributed by atoms with Gasteiger partial charge in [-0.2, -0.15) is 0 Å². The van der Waals surface area contributed by atoms with Crippen molar-refractivity contribution in [1.29, 1.82) is 0 Å². The topological polar surface area (TPSA) is 151 Å². The SMILES string of the molecule is C#CN(C(=O)C(CC(N)=O)NC(=O)OC(C)(C)C)C(C(=O)Nc1c(C)cccc1Cl)c1cccc(C)c1O. The van der Waals surface area contributed by atoms with Gasteiger partial charge in [0.05, 0.1) is 17.1 Å². The number of benzene rings is 2. The van der Waals surface area contributed by atoms with Crippen LogP contribution in [0.4, 0.5) is 10.5 Å². The number of nitrogens with one attached hydrogen (secondary N) is 2. The number of aryl methyl sites for hydroxylation is 2. The zero-order valence-electron chi connectivity index (χ0n) is 21.8. The number of amides is 4. The summed E-state index contributed by atoms with van der Waals surface area (Å²) in [5.41, 5.74) is 5.75. The summed E-state index contributed by atoms with van der Waals surface area (Å²) >= 11 is 6.28. The number of primary amides is 1. The Hall–Kier alpha value is -4.23. The van der Waals surface area contributed by atoms with E-state index in [-0.39, 0.29) is 22.0 Å². The largest absolute Gasteiger partial charge is 0.507 e. The van der Waals surface area contributed by atoms with Crippen molar-refractivity contribution >= 4 is 41.1 Å². The molecule has 2 atom stereocenters. The number of nitrogens with two attached hydrogens (primary N) is 1. The van der Waals surface area contributed by atoms with Crippen LogP contribution >= 0.6 is 11.6 Å². The number of hydrogen-bond donors (Lipinski definition) is 4. The highest BCUT2D eigenvalue weighted by Gasteiger charge is 2.38. The van der Waals surface area contributed by atoms with E-state index in [2.05, 4.69) is 16.7 Å². The summed E-state index contributed by atoms with van der Waals surface area (Å²) in [5.74, 6) is -3.00. The minimum absolute atomic E-state index is 0.00796. The highest BCUT2D eigenvalue weighted by molar-refractivity contribution is 6.34. The fourth-order valence-electron chi connectivity index (χ4n) is 3.57. The third kappa shape index (κ3) is 7.63. The third-order valence-electron chi connectivity index (χ3n) is 5.31. The number of ether oxygens (including phenoxy) is 1. The summed E-state index contributed by atoms with van der Waals surface area (Å²) in [6.45, 7) is 8.17. The number of alkyl carbamates (subject to hydrolysis) is 1. The zero-order valence-corrected chi connectivity index (χ0v) is 22.6. The normalized spacial score (nSPS) is 12.4. The smallest absolute Gasteiger partial charge is 0.408 e. The molecule has 11 heteroatoms. The quantitative estimate of drug-likeness (QED) is 0.296. The van der Waals surface area contributed by atoms with Gasteiger partial charge in [0.1, 0.15) is 17.4 Å². The zero-order chi connectivity index (χ0) is 28.8. The van der Waals surface area contributed by atoms with Crippen molar-refractivity contribution in [2.24, 2.45) is 5.73 Å². The Labute approximate surface area is 226 Å². The van der Waals surface area contributed by atoms with Gasteiger partial charge in [0.15, 0.2) is 6.04 Å². The lowest BCUT2D eigenvalue weighted by Gasteiger charge is -2.30. The van der Waals surface area contributed by atoms with Crippen LogP contribution in [0.2, 0.25) is 5.02 Å². The molecule has 0 aliphatic carbocycles. The first-order chi connectivity index (χ1) is 17.7. The lowest BCUT2D eigenvalue weighted by atomic mass is 9.99. The first-order valence-corrected chi connectivity index (χ1v) is 12.0. The van der Waals surface area contributed by atoms with E-state index in [0.717, 1.165) is 0 Å². The van der Waals surface area contributed by atoms with E-state index in [1.165, 1.54) is 6.07 Å². The number of anilines is 1. The minimum atomic E-state index is -1.58. The van der Waals surface area contributed by atoms with Crippen molar-refractivity contribution in [1.82, 2.24) is 10.2 Å². The molecule has 38 heavy (non-hydrogen) atoms. The third-order valence-corrected chi connectivity index (χ3v) is 5.63. The van der Waals surface area contributed by atoms with Crippen LogP contribution in [0.3, 0.4) is 0 Å². The van der Waals surface area contributed by atoms with Crippen molar-refractivity contribution in [2.75, 3.05) is 5.32 Å². The van der Waals surface area contributed by atoms with Crippen LogP contribution < -0.4 is 16.4 Å². The van der Waals surface area contributed by atoms with Crippen LogP contribution in [-0.2, 0) is 19.1 Å². The number of carbonyl (C=O) groups excluding carboxylic acids is 4. The average molecular weight is 543 g/mol. The monoisotopic (exact) mass is 542 g/mol. The predicted molar refractivity (Wildman–Crippen MR) is 143 cm³/mol. The molecule has 0 aromatic heterocycles. The van der Waals surface area contributed by atoms with E-state index in [1.54, 1.807) is 65.0 Å². The summed E-state index contributed by atoms with van der Waals surface area (Å²) in [7, 11) is 0. The molecule has 202 valence electrons. The lowest BCUT2D eigenvalue weighted by molar-refractivity contribution is -0.138. The van der Waals surface area contributed by atoms with Crippen molar-refractivity contribution in [3.05, 3.63) is 58.1 Å². The summed E-state index contributed by atoms with van der Waals surface area (Å²) in [5, 5.41) is 16.0. The minimum Gasteiger partial charge on any atom is -0.507 e. The molecule has 0 saturated carbocycles. The van der Waals surface area contributed by atoms with E-state index in [4.69, 9.17) is 28.5 Å². The molecule has 0 bridgehead atoms. The van der Waals surface area contributed by atoms with Gasteiger partial charge in [-0.15, -0.1) is 0 Å². The van der Waals surface area contributed by atoms with E-state index < -0.39 is 47.9 Å². The predicted octanol–water partition coefficient (Wildman–Crippen LogP) is 3.53. The van der Waals surface area contributed by atoms with Gasteiger partial charge in [0.2, 0.25) is 5.91 Å². The van der Waals surface area contributed by atoms with Crippen LogP contribution in [0.1, 0.15) is 49.9 Å². The van der Waals surface area contributed by atoms with Crippen LogP contribution in [-0.4, -0.2) is 45.5 Å². The molecule has 4 amide bonds. The Balaban J connectivity index is 2.58. The Morgan fingerprint density at radius 2 is 1.74 bits per heavy atom. The maximum atomic E-state index is 13.7. The van der Waals surface area contributed by atoms with Crippen LogP contribution in [0, 0.1) is 26.3 Å². The number of carbonyl (C=O) groups is 4. The lowest BCUT2D eigenvalue weighted by Crippen LogP contribution is -2.52. The van der Waals surface area contributed by atoms with E-state index in [1.807, 2.05) is 0 Å². The van der Waals surface area contributed by atoms with Gasteiger partial charge in [-0.25, -0.2) is 4.79 Å². The summed E-state index contributed by atoms with van der Waals surface area (Å²) in [6.07, 6.45) is 4.07. The van der Waals surface area contributed by atoms with Gasteiger partial charge in [-0.3, -0.25) is 19.3 Å². The molecule has 0 radical (unpaired) electrons. The highest BCUT2D eigenvalue weighted by atomic mass is 35.5. The van der Waals surface area contributed by atoms with Gasteiger partial charge in [-0.1, -0.05) is 48.4 Å². The molecule has 0 fully saturated rings. The molecule has 0 aliphatic rings. The maximum absolute atomic E-state index is 13.7. The van der Waals surface area contributed by atoms with Crippen LogP contribution in [0.25, 0.3) is 0 Å². The van der Waals surface area contributed by atoms with E-state index in [0.29, 0.717) is 16.0 Å². The second-order valence-corrected chi connectivity index (χ2v) is 9.95. The Morgan fingerprint density at radius 1 is 1.13 bits per heavy atom. The Bertz CT molecular complexity index is 1260. The van der Waals surface area contributed by atoms with E-state index in [9.17, 15) is 24.3 Å². The molecule has 10 nitrogen and oxygen atoms in total. The van der Waals surface area contributed by atoms with Crippen molar-refractivity contribution in [2.45, 2.75) is 58.7 Å². The fraction of sp³-hybridized carbons (Fsp3) is 0.333. The van der Waals surface area contributed by atoms with Gasteiger partial charge >= 0.3 is 6.09 Å². The van der Waals surface area contributed by atoms with E-state index >= 15 is 0 Å². The molecule has 0 aliphatic heterocycles. The number of para-hydroxylation sites is 2. The molecule has 2 rings (SSSR count). The number of rotatable bonds is 8. The number of phenols is 1. The molecular formula is C27H31ClN4O6. The maximum Gasteiger partial charge on any atom is 0.408 e. The summed E-state index contributed by atoms with van der Waals surface area (Å²) < 4.78 is 5.19. The second-order valence-electron chi connectivity index (χ2n) is 9.54. The van der Waals surface area contributed by atoms with Crippen molar-refractivity contribution < 1.29 is 29.0 Å². The summed E-state index contributed by atoms with van der Waals surface area (Å²) in [6, 6.07) is 8.60. The molecule has 0 spiro atoms. The number of halogens is 1. The Morgan fingerprint density at radius 3 is 2.29 bits per heavy atom. The first kappa shape index (κ1) is 30.0. The standard InChI is InChI=1S/C27H31ClN4O6/c1-7-32(25(36)19(14-20(29)33)30-26(37)38-27(4,5)6)22(17-12-8-11-16(3)23(17)34)24(35)31-21-15(2)10-9-13-18(21)28/h1,8-13,19,22,34H,14H2,2-6H3,(H2,29,33)(H,30,37)(H,31,35). The van der Waals surface area contributed by atoms with Crippen molar-refractivity contribution in [3.8, 4) is 18.2 Å². The number of hydrogen-bond acceptors (Lipinski definition) is 6. The molecular weight excluding hydrogens is 512 g/mol. The molecule has 2 aromatic carbocycles. The van der Waals surface area contributed by atoms with Crippen LogP contribution in [0.15, 0.2) is 36.4 Å². The molecule has 2 unspecified atom stereocenters. The van der Waals surface area contributed by atoms with Gasteiger partial charge in [0, 0.05) is 11.6 Å². The van der Waals surface area contributed by atoms with Crippen LogP contribution in [0.5, 0.6) is 5.75 Å². The van der Waals surface area contributed by atoms with Crippen molar-refractivity contribution in [3.63, 3.8) is 0 Å². The highest BCUT2D eigenvalue weighted by Crippen LogP contribution is 2.34. The average Bonchev–Trinajstić information content (AvgIpc) is 2.79. The first-order valence-electron chi connectivity index (χ1n) is 11.6. The van der Waals surface area contributed by atoms with Gasteiger partial charge in [-0.05, 0) is 51.8 Å². The second kappa shape index (κ2) is 12.3. The summed E-state index contributed by atoms with van der Waals surface area (Å²) in [4.78, 5) is 52.1. The number of aromatic hydroxyl groups is 1. The number of nitrogens with zero attached hydrogens (tertiary/aromatic N) is 1. The molecule has 5 N–H and O–H groups in total. The molecule has 0 heterocycles. The van der Waals surface area contributed by atoms with Gasteiger partial charge in [0.25, 0.3) is 11.8 Å².